The fraction of sp³-hybridized carbons (Fsp3) is 0.133. The van der Waals surface area contributed by atoms with Crippen molar-refractivity contribution in [3.63, 3.8) is 0 Å². The molecule has 168 valence electrons. The minimum absolute atomic E-state index is 0.0739. The number of allylic oxidation sites excluding steroid dienone is 1. The van der Waals surface area contributed by atoms with E-state index in [0.717, 1.165) is 23.2 Å². The average Bonchev–Trinajstić information content (AvgIpc) is 3.38. The summed E-state index contributed by atoms with van der Waals surface area (Å²) in [4.78, 5) is 15.2. The van der Waals surface area contributed by atoms with Gasteiger partial charge in [0.05, 0.1) is 11.9 Å². The molecule has 0 radical (unpaired) electrons. The lowest BCUT2D eigenvalue weighted by atomic mass is 9.72. The lowest BCUT2D eigenvalue weighted by Crippen LogP contribution is -2.21. The van der Waals surface area contributed by atoms with Crippen LogP contribution >= 0.6 is 0 Å². The van der Waals surface area contributed by atoms with Gasteiger partial charge in [0.25, 0.3) is 0 Å². The number of nitrogens with zero attached hydrogens (tertiary/aromatic N) is 2. The van der Waals surface area contributed by atoms with Crippen molar-refractivity contribution < 1.29 is 9.90 Å². The molecule has 0 aliphatic heterocycles. The number of aromatic nitrogens is 2. The molecule has 1 aromatic heterocycles. The first-order valence-corrected chi connectivity index (χ1v) is 11.4. The van der Waals surface area contributed by atoms with Gasteiger partial charge in [-0.05, 0) is 75.6 Å². The number of hydrogen-bond donors (Lipinski definition) is 1. The number of carbonyl (C=O) groups is 1. The van der Waals surface area contributed by atoms with Gasteiger partial charge in [0, 0.05) is 18.1 Å². The predicted molar refractivity (Wildman–Crippen MR) is 137 cm³/mol. The minimum atomic E-state index is -0.912. The molecule has 4 aromatic rings. The Kier molecular flexibility index (Phi) is 5.50. The lowest BCUT2D eigenvalue weighted by molar-refractivity contribution is 0.0697. The molecule has 1 heterocycles. The Morgan fingerprint density at radius 2 is 1.68 bits per heavy atom. The summed E-state index contributed by atoms with van der Waals surface area (Å²) in [6, 6.07) is 22.2. The third kappa shape index (κ3) is 4.23. The van der Waals surface area contributed by atoms with Crippen molar-refractivity contribution in [2.45, 2.75) is 25.7 Å². The molecular weight excluding hydrogens is 420 g/mol. The van der Waals surface area contributed by atoms with Crippen LogP contribution in [0.5, 0.6) is 0 Å². The summed E-state index contributed by atoms with van der Waals surface area (Å²) in [6.45, 7) is 4.58. The zero-order valence-electron chi connectivity index (χ0n) is 19.3. The number of imidazole rings is 1. The van der Waals surface area contributed by atoms with Gasteiger partial charge in [-0.25, -0.2) is 9.78 Å². The van der Waals surface area contributed by atoms with Crippen LogP contribution in [0.25, 0.3) is 23.4 Å². The topological polar surface area (TPSA) is 55.1 Å². The van der Waals surface area contributed by atoms with Crippen molar-refractivity contribution in [2.75, 3.05) is 0 Å². The van der Waals surface area contributed by atoms with E-state index < -0.39 is 5.97 Å². The van der Waals surface area contributed by atoms with Crippen molar-refractivity contribution in [3.05, 3.63) is 125 Å². The lowest BCUT2D eigenvalue weighted by Gasteiger charge is -2.32. The molecule has 3 aromatic carbocycles. The van der Waals surface area contributed by atoms with E-state index in [0.29, 0.717) is 5.56 Å². The highest BCUT2D eigenvalue weighted by Gasteiger charge is 2.28. The Labute approximate surface area is 199 Å². The van der Waals surface area contributed by atoms with Gasteiger partial charge in [-0.3, -0.25) is 0 Å². The molecule has 0 fully saturated rings. The van der Waals surface area contributed by atoms with Gasteiger partial charge >= 0.3 is 5.97 Å². The van der Waals surface area contributed by atoms with E-state index in [2.05, 4.69) is 73.4 Å². The second-order valence-electron chi connectivity index (χ2n) is 9.29. The summed E-state index contributed by atoms with van der Waals surface area (Å²) < 4.78 is 2.00. The molecular formula is C30H26N2O2. The molecule has 0 unspecified atom stereocenters. The molecule has 1 N–H and O–H groups in total. The Bertz CT molecular complexity index is 1390. The van der Waals surface area contributed by atoms with Crippen molar-refractivity contribution in [1.82, 2.24) is 9.55 Å². The van der Waals surface area contributed by atoms with E-state index >= 15 is 0 Å². The Balaban J connectivity index is 1.47. The number of benzene rings is 3. The zero-order valence-corrected chi connectivity index (χ0v) is 19.3. The van der Waals surface area contributed by atoms with Crippen LogP contribution in [0.3, 0.4) is 0 Å². The van der Waals surface area contributed by atoms with Crippen LogP contribution in [0.1, 0.15) is 58.4 Å². The Morgan fingerprint density at radius 3 is 2.35 bits per heavy atom. The van der Waals surface area contributed by atoms with Gasteiger partial charge in [0.1, 0.15) is 0 Å². The zero-order chi connectivity index (χ0) is 23.7. The Hall–Kier alpha value is -4.18. The minimum Gasteiger partial charge on any atom is -0.478 e. The summed E-state index contributed by atoms with van der Waals surface area (Å²) in [6.07, 6.45) is 13.0. The highest BCUT2D eigenvalue weighted by atomic mass is 16.4. The number of rotatable bonds is 5. The van der Waals surface area contributed by atoms with Gasteiger partial charge in [-0.2, -0.15) is 0 Å². The maximum absolute atomic E-state index is 11.1. The molecule has 0 saturated carbocycles. The molecule has 4 heteroatoms. The van der Waals surface area contributed by atoms with Crippen molar-refractivity contribution in [2.24, 2.45) is 0 Å². The number of carboxylic acids is 1. The van der Waals surface area contributed by atoms with E-state index in [1.54, 1.807) is 24.7 Å². The summed E-state index contributed by atoms with van der Waals surface area (Å²) in [7, 11) is 0. The normalized spacial score (nSPS) is 14.6. The van der Waals surface area contributed by atoms with E-state index in [-0.39, 0.29) is 5.41 Å². The van der Waals surface area contributed by atoms with Crippen LogP contribution in [0.2, 0.25) is 0 Å². The van der Waals surface area contributed by atoms with E-state index in [9.17, 15) is 4.79 Å². The van der Waals surface area contributed by atoms with E-state index in [1.807, 2.05) is 29.0 Å². The molecule has 5 rings (SSSR count). The molecule has 0 atom stereocenters. The third-order valence-electron chi connectivity index (χ3n) is 6.49. The highest BCUT2D eigenvalue weighted by Crippen LogP contribution is 2.42. The number of fused-ring (bicyclic) bond motifs is 1. The maximum atomic E-state index is 11.1. The van der Waals surface area contributed by atoms with Crippen LogP contribution in [0, 0.1) is 0 Å². The number of aromatic carboxylic acids is 1. The molecule has 34 heavy (non-hydrogen) atoms. The summed E-state index contributed by atoms with van der Waals surface area (Å²) in [5.74, 6) is -0.912. The monoisotopic (exact) mass is 446 g/mol. The molecule has 0 bridgehead atoms. The molecule has 4 nitrogen and oxygen atoms in total. The first-order valence-electron chi connectivity index (χ1n) is 11.4. The fourth-order valence-electron chi connectivity index (χ4n) is 4.48. The summed E-state index contributed by atoms with van der Waals surface area (Å²) in [5, 5.41) is 9.09. The Morgan fingerprint density at radius 1 is 0.971 bits per heavy atom. The first kappa shape index (κ1) is 21.7. The van der Waals surface area contributed by atoms with Gasteiger partial charge in [-0.15, -0.1) is 0 Å². The molecule has 1 aliphatic rings. The molecule has 1 aliphatic carbocycles. The SMILES string of the molecule is CC1(C)CC=C(c2ccc(-n3ccnc3)cc2)c2cc(C=Cc3ccc(C(=O)O)cc3)ccc21. The maximum Gasteiger partial charge on any atom is 0.335 e. The fourth-order valence-corrected chi connectivity index (χ4v) is 4.48. The largest absolute Gasteiger partial charge is 0.478 e. The van der Waals surface area contributed by atoms with Crippen LogP contribution in [0.4, 0.5) is 0 Å². The van der Waals surface area contributed by atoms with Crippen LogP contribution in [-0.2, 0) is 5.41 Å². The predicted octanol–water partition coefficient (Wildman–Crippen LogP) is 6.85. The standard InChI is InChI=1S/C30H26N2O2/c1-30(2)16-15-26(23-10-12-25(13-11-23)32-18-17-31-20-32)27-19-22(7-14-28(27)30)4-3-21-5-8-24(9-6-21)29(33)34/h3-15,17-20H,16H2,1-2H3,(H,33,34). The summed E-state index contributed by atoms with van der Waals surface area (Å²) in [5.41, 5.74) is 8.60. The van der Waals surface area contributed by atoms with Crippen molar-refractivity contribution in [3.8, 4) is 5.69 Å². The van der Waals surface area contributed by atoms with Crippen molar-refractivity contribution in [1.29, 1.82) is 0 Å². The first-order chi connectivity index (χ1) is 16.4. The number of carboxylic acid groups (broad SMARTS) is 1. The van der Waals surface area contributed by atoms with Crippen LogP contribution < -0.4 is 0 Å². The molecule has 0 amide bonds. The third-order valence-corrected chi connectivity index (χ3v) is 6.49. The quantitative estimate of drug-likeness (QED) is 0.341. The van der Waals surface area contributed by atoms with Gasteiger partial charge in [-0.1, -0.05) is 68.5 Å². The second kappa shape index (κ2) is 8.64. The highest BCUT2D eigenvalue weighted by molar-refractivity contribution is 5.88. The van der Waals surface area contributed by atoms with Crippen LogP contribution in [0.15, 0.2) is 91.5 Å². The van der Waals surface area contributed by atoms with E-state index in [1.165, 1.54) is 22.3 Å². The number of hydrogen-bond acceptors (Lipinski definition) is 2. The van der Waals surface area contributed by atoms with Crippen molar-refractivity contribution >= 4 is 23.7 Å². The van der Waals surface area contributed by atoms with Gasteiger partial charge in [0.15, 0.2) is 0 Å². The summed E-state index contributed by atoms with van der Waals surface area (Å²) >= 11 is 0. The van der Waals surface area contributed by atoms with Crippen LogP contribution in [-0.4, -0.2) is 20.6 Å². The second-order valence-corrected chi connectivity index (χ2v) is 9.29. The average molecular weight is 447 g/mol. The molecule has 0 spiro atoms. The van der Waals surface area contributed by atoms with E-state index in [4.69, 9.17) is 5.11 Å². The van der Waals surface area contributed by atoms with Gasteiger partial charge < -0.3 is 9.67 Å². The van der Waals surface area contributed by atoms with Gasteiger partial charge in [0.2, 0.25) is 0 Å². The molecule has 0 saturated heterocycles. The smallest absolute Gasteiger partial charge is 0.335 e.